The molecule has 3 amide bonds. The minimum absolute atomic E-state index is 0.367. The van der Waals surface area contributed by atoms with Crippen molar-refractivity contribution in [2.75, 3.05) is 7.11 Å². The summed E-state index contributed by atoms with van der Waals surface area (Å²) in [4.78, 5) is 24.7. The molecule has 7 heteroatoms. The quantitative estimate of drug-likeness (QED) is 0.523. The van der Waals surface area contributed by atoms with Gasteiger partial charge in [-0.2, -0.15) is 5.10 Å². The summed E-state index contributed by atoms with van der Waals surface area (Å²) in [6.07, 6.45) is 5.11. The first-order valence-corrected chi connectivity index (χ1v) is 9.06. The molecule has 0 saturated heterocycles. The molecule has 2 aromatic rings. The van der Waals surface area contributed by atoms with Crippen LogP contribution in [0.5, 0.6) is 5.75 Å². The van der Waals surface area contributed by atoms with Crippen LogP contribution in [0.2, 0.25) is 0 Å². The monoisotopic (exact) mass is 390 g/mol. The Labute approximate surface area is 169 Å². The molecule has 0 spiro atoms. The van der Waals surface area contributed by atoms with E-state index in [1.807, 2.05) is 48.5 Å². The number of carbonyl (C=O) groups excluding carboxylic acids is 2. The topological polar surface area (TPSA) is 91.8 Å². The van der Waals surface area contributed by atoms with Crippen LogP contribution in [-0.4, -0.2) is 25.3 Å². The third kappa shape index (κ3) is 5.10. The van der Waals surface area contributed by atoms with Gasteiger partial charge in [0, 0.05) is 11.9 Å². The first-order valence-electron chi connectivity index (χ1n) is 9.06. The van der Waals surface area contributed by atoms with Gasteiger partial charge in [0.05, 0.1) is 18.7 Å². The zero-order valence-corrected chi connectivity index (χ0v) is 16.2. The normalized spacial score (nSPS) is 16.6. The van der Waals surface area contributed by atoms with E-state index in [0.717, 1.165) is 11.1 Å². The standard InChI is InChI=1S/C22H22N4O3/c1-15-19(21(27)26-23-14-6-9-16-7-4-3-5-8-16)20(25-22(28)24-15)17-10-12-18(29-2)13-11-17/h3-14,20H,1-2H3,(H,26,27)(H2,24,25,28)/b9-6+,23-14?/t20-/m1/s1. The maximum absolute atomic E-state index is 12.7. The summed E-state index contributed by atoms with van der Waals surface area (Å²) in [7, 11) is 1.58. The Bertz CT molecular complexity index is 963. The highest BCUT2D eigenvalue weighted by molar-refractivity contribution is 5.98. The molecule has 1 aliphatic rings. The molecule has 0 aromatic heterocycles. The van der Waals surface area contributed by atoms with Gasteiger partial charge < -0.3 is 15.4 Å². The molecule has 0 fully saturated rings. The fraction of sp³-hybridized carbons (Fsp3) is 0.136. The Morgan fingerprint density at radius 3 is 2.55 bits per heavy atom. The van der Waals surface area contributed by atoms with Gasteiger partial charge in [0.25, 0.3) is 5.91 Å². The van der Waals surface area contributed by atoms with E-state index in [2.05, 4.69) is 21.2 Å². The molecule has 1 aliphatic heterocycles. The van der Waals surface area contributed by atoms with Crippen LogP contribution in [0.4, 0.5) is 4.79 Å². The minimum atomic E-state index is -0.593. The van der Waals surface area contributed by atoms with Crippen LogP contribution < -0.4 is 20.8 Å². The molecular weight excluding hydrogens is 368 g/mol. The van der Waals surface area contributed by atoms with Gasteiger partial charge in [-0.1, -0.05) is 48.5 Å². The highest BCUT2D eigenvalue weighted by Crippen LogP contribution is 2.28. The van der Waals surface area contributed by atoms with Crippen molar-refractivity contribution in [3.63, 3.8) is 0 Å². The second-order valence-electron chi connectivity index (χ2n) is 6.33. The summed E-state index contributed by atoms with van der Waals surface area (Å²) in [5.74, 6) is 0.288. The molecule has 0 bridgehead atoms. The highest BCUT2D eigenvalue weighted by atomic mass is 16.5. The number of urea groups is 1. The molecule has 0 aliphatic carbocycles. The Balaban J connectivity index is 1.73. The van der Waals surface area contributed by atoms with Crippen molar-refractivity contribution in [1.82, 2.24) is 16.1 Å². The van der Waals surface area contributed by atoms with E-state index in [9.17, 15) is 9.59 Å². The van der Waals surface area contributed by atoms with Crippen molar-refractivity contribution < 1.29 is 14.3 Å². The van der Waals surface area contributed by atoms with Crippen LogP contribution in [-0.2, 0) is 4.79 Å². The lowest BCUT2D eigenvalue weighted by Crippen LogP contribution is -2.46. The zero-order chi connectivity index (χ0) is 20.6. The van der Waals surface area contributed by atoms with Crippen LogP contribution in [0.3, 0.4) is 0 Å². The molecular formula is C22H22N4O3. The Morgan fingerprint density at radius 2 is 1.86 bits per heavy atom. The number of amides is 3. The predicted octanol–water partition coefficient (Wildman–Crippen LogP) is 3.14. The molecule has 3 rings (SSSR count). The van der Waals surface area contributed by atoms with Gasteiger partial charge >= 0.3 is 6.03 Å². The van der Waals surface area contributed by atoms with Crippen LogP contribution in [0.15, 0.2) is 77.0 Å². The van der Waals surface area contributed by atoms with Crippen molar-refractivity contribution in [2.45, 2.75) is 13.0 Å². The summed E-state index contributed by atoms with van der Waals surface area (Å²) < 4.78 is 5.16. The maximum Gasteiger partial charge on any atom is 0.319 e. The number of benzene rings is 2. The van der Waals surface area contributed by atoms with Gasteiger partial charge in [-0.05, 0) is 36.3 Å². The van der Waals surface area contributed by atoms with Crippen molar-refractivity contribution in [1.29, 1.82) is 0 Å². The zero-order valence-electron chi connectivity index (χ0n) is 16.2. The number of hydrogen-bond acceptors (Lipinski definition) is 4. The number of allylic oxidation sites excluding steroid dienone is 2. The van der Waals surface area contributed by atoms with Gasteiger partial charge in [0.15, 0.2) is 0 Å². The number of carbonyl (C=O) groups is 2. The number of nitrogens with zero attached hydrogens (tertiary/aromatic N) is 1. The summed E-state index contributed by atoms with van der Waals surface area (Å²) in [6.45, 7) is 1.68. The highest BCUT2D eigenvalue weighted by Gasteiger charge is 2.31. The second kappa shape index (κ2) is 9.36. The number of methoxy groups -OCH3 is 1. The molecule has 1 heterocycles. The summed E-state index contributed by atoms with van der Waals surface area (Å²) in [5, 5.41) is 9.38. The first-order chi connectivity index (χ1) is 14.1. The molecule has 1 atom stereocenters. The molecule has 0 unspecified atom stereocenters. The molecule has 0 radical (unpaired) electrons. The second-order valence-corrected chi connectivity index (χ2v) is 6.33. The number of rotatable bonds is 6. The van der Waals surface area contributed by atoms with Gasteiger partial charge in [0.2, 0.25) is 0 Å². The first kappa shape index (κ1) is 19.9. The van der Waals surface area contributed by atoms with E-state index in [0.29, 0.717) is 17.0 Å². The lowest BCUT2D eigenvalue weighted by Gasteiger charge is -2.28. The maximum atomic E-state index is 12.7. The molecule has 2 aromatic carbocycles. The van der Waals surface area contributed by atoms with Crippen LogP contribution in [0, 0.1) is 0 Å². The number of hydrazone groups is 1. The van der Waals surface area contributed by atoms with E-state index in [1.54, 1.807) is 32.2 Å². The third-order valence-electron chi connectivity index (χ3n) is 4.38. The third-order valence-corrected chi connectivity index (χ3v) is 4.38. The van der Waals surface area contributed by atoms with Crippen LogP contribution >= 0.6 is 0 Å². The lowest BCUT2D eigenvalue weighted by atomic mass is 9.95. The van der Waals surface area contributed by atoms with E-state index in [1.165, 1.54) is 6.21 Å². The summed E-state index contributed by atoms with van der Waals surface area (Å²) >= 11 is 0. The Morgan fingerprint density at radius 1 is 1.14 bits per heavy atom. The van der Waals surface area contributed by atoms with Gasteiger partial charge in [-0.25, -0.2) is 10.2 Å². The molecule has 3 N–H and O–H groups in total. The number of nitrogens with one attached hydrogen (secondary N) is 3. The number of ether oxygens (including phenoxy) is 1. The minimum Gasteiger partial charge on any atom is -0.497 e. The lowest BCUT2D eigenvalue weighted by molar-refractivity contribution is -0.117. The van der Waals surface area contributed by atoms with E-state index >= 15 is 0 Å². The fourth-order valence-electron chi connectivity index (χ4n) is 2.96. The predicted molar refractivity (Wildman–Crippen MR) is 112 cm³/mol. The molecule has 7 nitrogen and oxygen atoms in total. The van der Waals surface area contributed by atoms with Crippen molar-refractivity contribution in [3.05, 3.63) is 83.1 Å². The van der Waals surface area contributed by atoms with Gasteiger partial charge in [-0.15, -0.1) is 0 Å². The van der Waals surface area contributed by atoms with E-state index in [4.69, 9.17) is 4.74 Å². The van der Waals surface area contributed by atoms with Gasteiger partial charge in [0.1, 0.15) is 5.75 Å². The summed E-state index contributed by atoms with van der Waals surface area (Å²) in [6, 6.07) is 16.0. The summed E-state index contributed by atoms with van der Waals surface area (Å²) in [5.41, 5.74) is 5.17. The van der Waals surface area contributed by atoms with E-state index < -0.39 is 11.9 Å². The molecule has 0 saturated carbocycles. The largest absolute Gasteiger partial charge is 0.497 e. The Hall–Kier alpha value is -3.87. The molecule has 29 heavy (non-hydrogen) atoms. The van der Waals surface area contributed by atoms with Gasteiger partial charge in [-0.3, -0.25) is 4.79 Å². The van der Waals surface area contributed by atoms with Crippen molar-refractivity contribution in [2.24, 2.45) is 5.10 Å². The SMILES string of the molecule is COc1ccc([C@H]2NC(=O)NC(C)=C2C(=O)NN=C/C=C/c2ccccc2)cc1. The smallest absolute Gasteiger partial charge is 0.319 e. The molecule has 148 valence electrons. The average Bonchev–Trinajstić information content (AvgIpc) is 2.73. The Kier molecular flexibility index (Phi) is 6.42. The van der Waals surface area contributed by atoms with E-state index in [-0.39, 0.29) is 6.03 Å². The average molecular weight is 390 g/mol. The van der Waals surface area contributed by atoms with Crippen LogP contribution in [0.25, 0.3) is 6.08 Å². The van der Waals surface area contributed by atoms with Crippen molar-refractivity contribution >= 4 is 24.2 Å². The van der Waals surface area contributed by atoms with Crippen molar-refractivity contribution in [3.8, 4) is 5.75 Å². The number of hydrogen-bond donors (Lipinski definition) is 3. The fourth-order valence-corrected chi connectivity index (χ4v) is 2.96. The van der Waals surface area contributed by atoms with Crippen LogP contribution in [0.1, 0.15) is 24.1 Å².